The lowest BCUT2D eigenvalue weighted by molar-refractivity contribution is 0.263. The predicted octanol–water partition coefficient (Wildman–Crippen LogP) is 1.71. The summed E-state index contributed by atoms with van der Waals surface area (Å²) < 4.78 is 0. The van der Waals surface area contributed by atoms with Crippen LogP contribution in [0.3, 0.4) is 0 Å². The number of imidazole rings is 1. The van der Waals surface area contributed by atoms with Gasteiger partial charge >= 0.3 is 0 Å². The summed E-state index contributed by atoms with van der Waals surface area (Å²) in [5, 5.41) is 0. The monoisotopic (exact) mass is 254 g/mol. The lowest BCUT2D eigenvalue weighted by atomic mass is 10.3. The van der Waals surface area contributed by atoms with Crippen LogP contribution >= 0.6 is 0 Å². The fourth-order valence-corrected chi connectivity index (χ4v) is 2.50. The zero-order chi connectivity index (χ0) is 13.1. The van der Waals surface area contributed by atoms with Crippen molar-refractivity contribution in [2.24, 2.45) is 0 Å². The van der Waals surface area contributed by atoms with Crippen molar-refractivity contribution in [1.29, 1.82) is 0 Å². The number of piperazine rings is 1. The summed E-state index contributed by atoms with van der Waals surface area (Å²) in [5.74, 6) is 3.69. The minimum atomic E-state index is 0.838. The molecular weight excluding hydrogens is 236 g/mol. The SMILES string of the molecule is C#CCCN1CCN(c2nc3ccccc3[nH]2)CC1. The number of aromatic nitrogens is 2. The van der Waals surface area contributed by atoms with Gasteiger partial charge in [-0.25, -0.2) is 4.98 Å². The molecule has 19 heavy (non-hydrogen) atoms. The molecule has 0 saturated carbocycles. The maximum Gasteiger partial charge on any atom is 0.203 e. The number of hydrogen-bond acceptors (Lipinski definition) is 3. The zero-order valence-corrected chi connectivity index (χ0v) is 11.0. The van der Waals surface area contributed by atoms with E-state index >= 15 is 0 Å². The fourth-order valence-electron chi connectivity index (χ4n) is 2.50. The smallest absolute Gasteiger partial charge is 0.203 e. The van der Waals surface area contributed by atoms with E-state index in [-0.39, 0.29) is 0 Å². The second kappa shape index (κ2) is 5.33. The van der Waals surface area contributed by atoms with E-state index in [0.717, 1.165) is 56.1 Å². The highest BCUT2D eigenvalue weighted by Crippen LogP contribution is 2.18. The van der Waals surface area contributed by atoms with Gasteiger partial charge in [-0.3, -0.25) is 4.90 Å². The first-order valence-corrected chi connectivity index (χ1v) is 6.72. The van der Waals surface area contributed by atoms with Gasteiger partial charge in [0.15, 0.2) is 0 Å². The number of aromatic amines is 1. The van der Waals surface area contributed by atoms with Gasteiger partial charge in [-0.15, -0.1) is 12.3 Å². The number of nitrogens with zero attached hydrogens (tertiary/aromatic N) is 3. The predicted molar refractivity (Wildman–Crippen MR) is 78.2 cm³/mol. The number of fused-ring (bicyclic) bond motifs is 1. The maximum absolute atomic E-state index is 5.31. The third-order valence-electron chi connectivity index (χ3n) is 3.62. The summed E-state index contributed by atoms with van der Waals surface area (Å²) in [7, 11) is 0. The summed E-state index contributed by atoms with van der Waals surface area (Å²) in [5.41, 5.74) is 2.14. The van der Waals surface area contributed by atoms with E-state index in [1.54, 1.807) is 0 Å². The third kappa shape index (κ3) is 2.56. The average molecular weight is 254 g/mol. The quantitative estimate of drug-likeness (QED) is 0.847. The molecule has 4 heteroatoms. The van der Waals surface area contributed by atoms with Crippen LogP contribution in [0.4, 0.5) is 5.95 Å². The lowest BCUT2D eigenvalue weighted by Crippen LogP contribution is -2.47. The molecule has 0 radical (unpaired) electrons. The molecule has 2 aromatic rings. The molecule has 1 saturated heterocycles. The van der Waals surface area contributed by atoms with Crippen LogP contribution in [-0.2, 0) is 0 Å². The van der Waals surface area contributed by atoms with Crippen LogP contribution in [0.5, 0.6) is 0 Å². The largest absolute Gasteiger partial charge is 0.340 e. The topological polar surface area (TPSA) is 35.2 Å². The molecule has 0 aliphatic carbocycles. The molecule has 0 unspecified atom stereocenters. The first-order chi connectivity index (χ1) is 9.36. The minimum Gasteiger partial charge on any atom is -0.340 e. The van der Waals surface area contributed by atoms with Gasteiger partial charge in [0.25, 0.3) is 0 Å². The van der Waals surface area contributed by atoms with Gasteiger partial charge in [0.1, 0.15) is 0 Å². The molecule has 1 aromatic carbocycles. The Kier molecular flexibility index (Phi) is 3.39. The molecule has 0 atom stereocenters. The van der Waals surface area contributed by atoms with Gasteiger partial charge in [0.05, 0.1) is 11.0 Å². The summed E-state index contributed by atoms with van der Waals surface area (Å²) in [6, 6.07) is 8.15. The number of para-hydroxylation sites is 2. The number of terminal acetylenes is 1. The number of anilines is 1. The Balaban J connectivity index is 1.66. The molecule has 1 aliphatic heterocycles. The molecular formula is C15H18N4. The summed E-state index contributed by atoms with van der Waals surface area (Å²) in [6.45, 7) is 5.12. The van der Waals surface area contributed by atoms with E-state index < -0.39 is 0 Å². The summed E-state index contributed by atoms with van der Waals surface area (Å²) in [4.78, 5) is 12.8. The number of hydrogen-bond donors (Lipinski definition) is 1. The molecule has 3 rings (SSSR count). The van der Waals surface area contributed by atoms with Crippen LogP contribution < -0.4 is 4.90 Å². The summed E-state index contributed by atoms with van der Waals surface area (Å²) >= 11 is 0. The van der Waals surface area contributed by atoms with Gasteiger partial charge in [-0.05, 0) is 12.1 Å². The van der Waals surface area contributed by atoms with Gasteiger partial charge < -0.3 is 9.88 Å². The maximum atomic E-state index is 5.31. The molecule has 1 aliphatic rings. The van der Waals surface area contributed by atoms with E-state index in [0.29, 0.717) is 0 Å². The van der Waals surface area contributed by atoms with Crippen LogP contribution in [0.2, 0.25) is 0 Å². The van der Waals surface area contributed by atoms with Crippen molar-refractivity contribution in [3.8, 4) is 12.3 Å². The Morgan fingerprint density at radius 1 is 1.21 bits per heavy atom. The van der Waals surface area contributed by atoms with Crippen LogP contribution in [0.15, 0.2) is 24.3 Å². The van der Waals surface area contributed by atoms with E-state index in [2.05, 4.69) is 31.8 Å². The van der Waals surface area contributed by atoms with Crippen molar-refractivity contribution >= 4 is 17.0 Å². The van der Waals surface area contributed by atoms with Crippen molar-refractivity contribution in [3.63, 3.8) is 0 Å². The van der Waals surface area contributed by atoms with Crippen molar-refractivity contribution in [1.82, 2.24) is 14.9 Å². The lowest BCUT2D eigenvalue weighted by Gasteiger charge is -2.34. The Hall–Kier alpha value is -1.99. The normalized spacial score (nSPS) is 16.7. The highest BCUT2D eigenvalue weighted by Gasteiger charge is 2.18. The molecule has 1 fully saturated rings. The van der Waals surface area contributed by atoms with Crippen molar-refractivity contribution in [2.45, 2.75) is 6.42 Å². The molecule has 2 heterocycles. The van der Waals surface area contributed by atoms with Crippen molar-refractivity contribution < 1.29 is 0 Å². The second-order valence-electron chi connectivity index (χ2n) is 4.86. The highest BCUT2D eigenvalue weighted by atomic mass is 15.3. The Labute approximate surface area is 113 Å². The molecule has 4 nitrogen and oxygen atoms in total. The molecule has 0 amide bonds. The third-order valence-corrected chi connectivity index (χ3v) is 3.62. The van der Waals surface area contributed by atoms with Crippen LogP contribution in [0.1, 0.15) is 6.42 Å². The van der Waals surface area contributed by atoms with E-state index in [4.69, 9.17) is 6.42 Å². The average Bonchev–Trinajstić information content (AvgIpc) is 2.89. The molecule has 98 valence electrons. The molecule has 1 N–H and O–H groups in total. The standard InChI is InChI=1S/C15H18N4/c1-2-3-8-18-9-11-19(12-10-18)15-16-13-6-4-5-7-14(13)17-15/h1,4-7H,3,8-12H2,(H,16,17). The van der Waals surface area contributed by atoms with Crippen LogP contribution in [-0.4, -0.2) is 47.6 Å². The zero-order valence-electron chi connectivity index (χ0n) is 11.0. The first-order valence-electron chi connectivity index (χ1n) is 6.72. The Morgan fingerprint density at radius 2 is 2.00 bits per heavy atom. The number of rotatable bonds is 3. The number of H-pyrrole nitrogens is 1. The fraction of sp³-hybridized carbons (Fsp3) is 0.400. The highest BCUT2D eigenvalue weighted by molar-refractivity contribution is 5.77. The van der Waals surface area contributed by atoms with Crippen LogP contribution in [0, 0.1) is 12.3 Å². The Morgan fingerprint density at radius 3 is 2.74 bits per heavy atom. The van der Waals surface area contributed by atoms with Gasteiger partial charge in [0, 0.05) is 39.1 Å². The first kappa shape index (κ1) is 12.1. The number of benzene rings is 1. The molecule has 0 spiro atoms. The van der Waals surface area contributed by atoms with E-state index in [1.165, 1.54) is 0 Å². The van der Waals surface area contributed by atoms with Gasteiger partial charge in [-0.2, -0.15) is 0 Å². The van der Waals surface area contributed by atoms with Gasteiger partial charge in [-0.1, -0.05) is 12.1 Å². The Bertz CT molecular complexity index is 554. The van der Waals surface area contributed by atoms with Crippen LogP contribution in [0.25, 0.3) is 11.0 Å². The molecule has 1 aromatic heterocycles. The van der Waals surface area contributed by atoms with E-state index in [1.807, 2.05) is 18.2 Å². The van der Waals surface area contributed by atoms with Gasteiger partial charge in [0.2, 0.25) is 5.95 Å². The minimum absolute atomic E-state index is 0.838. The second-order valence-corrected chi connectivity index (χ2v) is 4.86. The van der Waals surface area contributed by atoms with E-state index in [9.17, 15) is 0 Å². The summed E-state index contributed by atoms with van der Waals surface area (Å²) in [6.07, 6.45) is 6.14. The van der Waals surface area contributed by atoms with Crippen molar-refractivity contribution in [2.75, 3.05) is 37.6 Å². The number of nitrogens with one attached hydrogen (secondary N) is 1. The van der Waals surface area contributed by atoms with Crippen molar-refractivity contribution in [3.05, 3.63) is 24.3 Å². The molecule has 0 bridgehead atoms.